The summed E-state index contributed by atoms with van der Waals surface area (Å²) in [5.41, 5.74) is 2.09. The summed E-state index contributed by atoms with van der Waals surface area (Å²) in [5.74, 6) is 0.240. The maximum absolute atomic E-state index is 12.9. The minimum Gasteiger partial charge on any atom is -0.478 e. The summed E-state index contributed by atoms with van der Waals surface area (Å²) in [6, 6.07) is 12.3. The lowest BCUT2D eigenvalue weighted by molar-refractivity contribution is -0.122. The Morgan fingerprint density at radius 3 is 2.64 bits per heavy atom. The molecule has 1 aliphatic rings. The number of sulfonamides is 1. The second kappa shape index (κ2) is 8.01. The number of para-hydroxylation sites is 1. The molecule has 0 saturated carbocycles. The van der Waals surface area contributed by atoms with Gasteiger partial charge in [0.25, 0.3) is 5.91 Å². The number of nitrogens with one attached hydrogen (secondary N) is 1. The van der Waals surface area contributed by atoms with Crippen LogP contribution < -0.4 is 14.4 Å². The Balaban J connectivity index is 1.89. The zero-order valence-electron chi connectivity index (χ0n) is 16.0. The highest BCUT2D eigenvalue weighted by atomic mass is 35.5. The predicted octanol–water partition coefficient (Wildman–Crippen LogP) is 4.02. The van der Waals surface area contributed by atoms with Crippen LogP contribution in [0, 0.1) is 0 Å². The van der Waals surface area contributed by atoms with Crippen molar-refractivity contribution in [3.05, 3.63) is 53.1 Å². The molecule has 3 rings (SSSR count). The molecule has 1 aliphatic heterocycles. The Bertz CT molecular complexity index is 991. The van der Waals surface area contributed by atoms with E-state index >= 15 is 0 Å². The smallest absolute Gasteiger partial charge is 0.265 e. The first kappa shape index (κ1) is 20.5. The van der Waals surface area contributed by atoms with Gasteiger partial charge >= 0.3 is 0 Å². The molecule has 1 atom stereocenters. The van der Waals surface area contributed by atoms with Crippen molar-refractivity contribution >= 4 is 38.9 Å². The lowest BCUT2D eigenvalue weighted by Crippen LogP contribution is -2.36. The van der Waals surface area contributed by atoms with Crippen LogP contribution in [0.5, 0.6) is 5.75 Å². The average molecular weight is 423 g/mol. The van der Waals surface area contributed by atoms with Gasteiger partial charge < -0.3 is 10.1 Å². The summed E-state index contributed by atoms with van der Waals surface area (Å²) in [6.45, 7) is 4.23. The Kier molecular flexibility index (Phi) is 5.86. The van der Waals surface area contributed by atoms with E-state index in [0.717, 1.165) is 17.5 Å². The molecule has 0 aromatic heterocycles. The Hall–Kier alpha value is -2.25. The Labute approximate surface area is 170 Å². The predicted molar refractivity (Wildman–Crippen MR) is 112 cm³/mol. The quantitative estimate of drug-likeness (QED) is 0.807. The molecule has 28 heavy (non-hydrogen) atoms. The number of hydrogen-bond acceptors (Lipinski definition) is 4. The number of anilines is 2. The van der Waals surface area contributed by atoms with Crippen LogP contribution in [-0.4, -0.2) is 33.2 Å². The van der Waals surface area contributed by atoms with Gasteiger partial charge in [0.2, 0.25) is 10.0 Å². The first-order valence-corrected chi connectivity index (χ1v) is 11.2. The van der Waals surface area contributed by atoms with Gasteiger partial charge in [-0.1, -0.05) is 43.6 Å². The topological polar surface area (TPSA) is 75.7 Å². The number of carbonyl (C=O) groups excluding carboxylic acids is 1. The summed E-state index contributed by atoms with van der Waals surface area (Å²) in [6.07, 6.45) is 0.512. The summed E-state index contributed by atoms with van der Waals surface area (Å²) in [5, 5.41) is 3.32. The van der Waals surface area contributed by atoms with Gasteiger partial charge in [-0.25, -0.2) is 8.42 Å². The number of benzene rings is 2. The standard InChI is InChI=1S/C20H23ClN2O4S/c1-13(2)15-6-4-5-7-16(15)22-20(24)19-10-11-23(28(3,25)26)17-12-14(21)8-9-18(17)27-19/h4-9,12-13,19H,10-11H2,1-3H3,(H,22,24). The zero-order valence-corrected chi connectivity index (χ0v) is 17.5. The Morgan fingerprint density at radius 2 is 1.96 bits per heavy atom. The number of fused-ring (bicyclic) bond motifs is 1. The number of rotatable bonds is 4. The van der Waals surface area contributed by atoms with Gasteiger partial charge in [-0.05, 0) is 35.7 Å². The van der Waals surface area contributed by atoms with E-state index in [4.69, 9.17) is 16.3 Å². The molecule has 0 fully saturated rings. The molecule has 2 aromatic carbocycles. The van der Waals surface area contributed by atoms with Crippen molar-refractivity contribution in [2.24, 2.45) is 0 Å². The second-order valence-corrected chi connectivity index (χ2v) is 9.42. The first-order valence-electron chi connectivity index (χ1n) is 9.00. The highest BCUT2D eigenvalue weighted by Gasteiger charge is 2.31. The summed E-state index contributed by atoms with van der Waals surface area (Å²) < 4.78 is 31.6. The summed E-state index contributed by atoms with van der Waals surface area (Å²) in [7, 11) is -3.54. The van der Waals surface area contributed by atoms with Crippen LogP contribution in [0.25, 0.3) is 0 Å². The maximum Gasteiger partial charge on any atom is 0.265 e. The second-order valence-electron chi connectivity index (χ2n) is 7.07. The fourth-order valence-electron chi connectivity index (χ4n) is 3.21. The number of hydrogen-bond donors (Lipinski definition) is 1. The lowest BCUT2D eigenvalue weighted by Gasteiger charge is -2.21. The number of ether oxygens (including phenoxy) is 1. The Morgan fingerprint density at radius 1 is 1.25 bits per heavy atom. The van der Waals surface area contributed by atoms with Crippen LogP contribution in [-0.2, 0) is 14.8 Å². The van der Waals surface area contributed by atoms with Crippen molar-refractivity contribution in [3.8, 4) is 5.75 Å². The van der Waals surface area contributed by atoms with Crippen molar-refractivity contribution in [2.45, 2.75) is 32.3 Å². The van der Waals surface area contributed by atoms with Gasteiger partial charge in [0, 0.05) is 23.7 Å². The number of nitrogens with zero attached hydrogens (tertiary/aromatic N) is 1. The molecule has 0 aliphatic carbocycles. The lowest BCUT2D eigenvalue weighted by atomic mass is 10.0. The first-order chi connectivity index (χ1) is 13.2. The van der Waals surface area contributed by atoms with Crippen LogP contribution >= 0.6 is 11.6 Å². The summed E-state index contributed by atoms with van der Waals surface area (Å²) in [4.78, 5) is 12.9. The van der Waals surface area contributed by atoms with Gasteiger partial charge in [-0.3, -0.25) is 9.10 Å². The van der Waals surface area contributed by atoms with E-state index in [-0.39, 0.29) is 24.8 Å². The molecule has 2 aromatic rings. The molecule has 150 valence electrons. The maximum atomic E-state index is 12.9. The third-order valence-corrected chi connectivity index (χ3v) is 6.00. The van der Waals surface area contributed by atoms with Crippen LogP contribution in [0.1, 0.15) is 31.7 Å². The molecular weight excluding hydrogens is 400 g/mol. The largest absolute Gasteiger partial charge is 0.478 e. The fraction of sp³-hybridized carbons (Fsp3) is 0.350. The highest BCUT2D eigenvalue weighted by molar-refractivity contribution is 7.92. The monoisotopic (exact) mass is 422 g/mol. The van der Waals surface area contributed by atoms with Crippen LogP contribution in [0.4, 0.5) is 11.4 Å². The van der Waals surface area contributed by atoms with E-state index in [9.17, 15) is 13.2 Å². The zero-order chi connectivity index (χ0) is 20.5. The minimum atomic E-state index is -3.54. The fourth-order valence-corrected chi connectivity index (χ4v) is 4.31. The van der Waals surface area contributed by atoms with Gasteiger partial charge in [0.1, 0.15) is 5.75 Å². The molecule has 1 unspecified atom stereocenters. The molecule has 8 heteroatoms. The van der Waals surface area contributed by atoms with Crippen molar-refractivity contribution < 1.29 is 17.9 Å². The molecule has 0 radical (unpaired) electrons. The van der Waals surface area contributed by atoms with Crippen molar-refractivity contribution in [3.63, 3.8) is 0 Å². The molecular formula is C20H23ClN2O4S. The molecule has 1 amide bonds. The van der Waals surface area contributed by atoms with Gasteiger partial charge in [-0.15, -0.1) is 0 Å². The molecule has 0 spiro atoms. The number of carbonyl (C=O) groups is 1. The van der Waals surface area contributed by atoms with E-state index in [0.29, 0.717) is 16.5 Å². The van der Waals surface area contributed by atoms with Crippen LogP contribution in [0.2, 0.25) is 5.02 Å². The molecule has 1 heterocycles. The SMILES string of the molecule is CC(C)c1ccccc1NC(=O)C1CCN(S(C)(=O)=O)c2cc(Cl)ccc2O1. The third kappa shape index (κ3) is 4.42. The van der Waals surface area contributed by atoms with Crippen molar-refractivity contribution in [2.75, 3.05) is 22.4 Å². The molecule has 0 bridgehead atoms. The van der Waals surface area contributed by atoms with E-state index in [1.165, 1.54) is 10.4 Å². The molecule has 0 saturated heterocycles. The van der Waals surface area contributed by atoms with Gasteiger partial charge in [-0.2, -0.15) is 0 Å². The highest BCUT2D eigenvalue weighted by Crippen LogP contribution is 2.36. The van der Waals surface area contributed by atoms with Gasteiger partial charge in [0.05, 0.1) is 11.9 Å². The van der Waals surface area contributed by atoms with E-state index in [1.54, 1.807) is 12.1 Å². The molecule has 6 nitrogen and oxygen atoms in total. The number of amides is 1. The number of halogens is 1. The van der Waals surface area contributed by atoms with Crippen molar-refractivity contribution in [1.82, 2.24) is 0 Å². The van der Waals surface area contributed by atoms with Gasteiger partial charge in [0.15, 0.2) is 6.10 Å². The van der Waals surface area contributed by atoms with E-state index in [2.05, 4.69) is 19.2 Å². The van der Waals surface area contributed by atoms with Crippen LogP contribution in [0.15, 0.2) is 42.5 Å². The van der Waals surface area contributed by atoms with Crippen molar-refractivity contribution in [1.29, 1.82) is 0 Å². The summed E-state index contributed by atoms with van der Waals surface area (Å²) >= 11 is 6.04. The normalized spacial score (nSPS) is 16.9. The minimum absolute atomic E-state index is 0.121. The molecule has 1 N–H and O–H groups in total. The van der Waals surface area contributed by atoms with Crippen LogP contribution in [0.3, 0.4) is 0 Å². The van der Waals surface area contributed by atoms with E-state index < -0.39 is 16.1 Å². The van der Waals surface area contributed by atoms with E-state index in [1.807, 2.05) is 24.3 Å². The third-order valence-electron chi connectivity index (χ3n) is 4.59. The average Bonchev–Trinajstić information content (AvgIpc) is 2.81.